The fourth-order valence-corrected chi connectivity index (χ4v) is 4.24. The molecule has 26 heavy (non-hydrogen) atoms. The number of nitrogens with zero attached hydrogens (tertiary/aromatic N) is 1. The van der Waals surface area contributed by atoms with Gasteiger partial charge in [-0.15, -0.1) is 0 Å². The lowest BCUT2D eigenvalue weighted by Gasteiger charge is -2.26. The number of nitrogens with one attached hydrogen (secondary N) is 1. The summed E-state index contributed by atoms with van der Waals surface area (Å²) in [5, 5.41) is 5.12. The minimum Gasteiger partial charge on any atom is -0.493 e. The van der Waals surface area contributed by atoms with Crippen molar-refractivity contribution < 1.29 is 9.47 Å². The van der Waals surface area contributed by atoms with E-state index in [1.807, 2.05) is 6.07 Å². The van der Waals surface area contributed by atoms with E-state index in [-0.39, 0.29) is 0 Å². The normalized spacial score (nSPS) is 16.5. The molecule has 1 N–H and O–H groups in total. The monoisotopic (exact) mass is 350 g/mol. The molecular formula is C22H26N2O2. The van der Waals surface area contributed by atoms with Gasteiger partial charge in [-0.2, -0.15) is 0 Å². The molecule has 4 heteroatoms. The maximum Gasteiger partial charge on any atom is 0.160 e. The fraction of sp³-hybridized carbons (Fsp3) is 0.364. The second-order valence-corrected chi connectivity index (χ2v) is 7.09. The van der Waals surface area contributed by atoms with E-state index in [2.05, 4.69) is 54.2 Å². The first kappa shape index (κ1) is 17.0. The highest BCUT2D eigenvalue weighted by Gasteiger charge is 2.26. The van der Waals surface area contributed by atoms with Crippen LogP contribution in [0.3, 0.4) is 0 Å². The lowest BCUT2D eigenvalue weighted by molar-refractivity contribution is 0.354. The Morgan fingerprint density at radius 2 is 1.88 bits per heavy atom. The first-order chi connectivity index (χ1) is 12.6. The average Bonchev–Trinajstić information content (AvgIpc) is 2.94. The number of hydrogen-bond donors (Lipinski definition) is 1. The molecule has 136 valence electrons. The minimum absolute atomic E-state index is 0.301. The van der Waals surface area contributed by atoms with Gasteiger partial charge in [0.25, 0.3) is 0 Å². The van der Waals surface area contributed by atoms with E-state index in [1.54, 1.807) is 14.2 Å². The van der Waals surface area contributed by atoms with Gasteiger partial charge in [0, 0.05) is 23.6 Å². The van der Waals surface area contributed by atoms with Crippen LogP contribution in [0, 0.1) is 6.92 Å². The summed E-state index contributed by atoms with van der Waals surface area (Å²) in [7, 11) is 5.54. The largest absolute Gasteiger partial charge is 0.493 e. The number of ether oxygens (including phenoxy) is 2. The third kappa shape index (κ3) is 2.74. The fourth-order valence-electron chi connectivity index (χ4n) is 4.24. The van der Waals surface area contributed by atoms with Gasteiger partial charge in [-0.05, 0) is 61.7 Å². The van der Waals surface area contributed by atoms with E-state index in [0.29, 0.717) is 6.04 Å². The highest BCUT2D eigenvalue weighted by atomic mass is 16.5. The molecule has 1 aliphatic heterocycles. The van der Waals surface area contributed by atoms with Crippen molar-refractivity contribution in [2.75, 3.05) is 20.8 Å². The van der Waals surface area contributed by atoms with Crippen LogP contribution in [0.5, 0.6) is 11.5 Å². The first-order valence-corrected chi connectivity index (χ1v) is 9.14. The number of aryl methyl sites for hydroxylation is 2. The standard InChI is InChI=1S/C22H26N2O2/c1-14-5-7-19-17(11-14)16-9-10-23-18(22(16)24(19)2)12-15-6-8-20(25-3)21(13-15)26-4/h5-8,11,13,18,23H,9-10,12H2,1-4H3. The van der Waals surface area contributed by atoms with Gasteiger partial charge in [0.05, 0.1) is 20.3 Å². The van der Waals surface area contributed by atoms with Crippen LogP contribution in [-0.4, -0.2) is 25.3 Å². The van der Waals surface area contributed by atoms with E-state index in [0.717, 1.165) is 30.9 Å². The lowest BCUT2D eigenvalue weighted by Crippen LogP contribution is -2.32. The zero-order valence-corrected chi connectivity index (χ0v) is 15.9. The van der Waals surface area contributed by atoms with E-state index in [1.165, 1.54) is 33.3 Å². The Hall–Kier alpha value is -2.46. The van der Waals surface area contributed by atoms with Gasteiger partial charge in [0.15, 0.2) is 11.5 Å². The molecule has 3 aromatic rings. The zero-order valence-electron chi connectivity index (χ0n) is 15.9. The molecule has 1 atom stereocenters. The lowest BCUT2D eigenvalue weighted by atomic mass is 9.94. The minimum atomic E-state index is 0.301. The predicted molar refractivity (Wildman–Crippen MR) is 105 cm³/mol. The summed E-state index contributed by atoms with van der Waals surface area (Å²) in [6.07, 6.45) is 2.01. The molecule has 0 fully saturated rings. The molecule has 1 aromatic heterocycles. The van der Waals surface area contributed by atoms with Crippen LogP contribution in [0.1, 0.15) is 28.4 Å². The molecule has 0 saturated heterocycles. The Morgan fingerprint density at radius 3 is 2.65 bits per heavy atom. The molecule has 0 spiro atoms. The second kappa shape index (κ2) is 6.69. The van der Waals surface area contributed by atoms with Crippen molar-refractivity contribution in [2.45, 2.75) is 25.8 Å². The van der Waals surface area contributed by atoms with Gasteiger partial charge >= 0.3 is 0 Å². The van der Waals surface area contributed by atoms with Gasteiger partial charge in [-0.25, -0.2) is 0 Å². The number of aromatic nitrogens is 1. The zero-order chi connectivity index (χ0) is 18.3. The Morgan fingerprint density at radius 1 is 1.08 bits per heavy atom. The van der Waals surface area contributed by atoms with Crippen LogP contribution >= 0.6 is 0 Å². The summed E-state index contributed by atoms with van der Waals surface area (Å²) >= 11 is 0. The Bertz CT molecular complexity index is 958. The summed E-state index contributed by atoms with van der Waals surface area (Å²) in [5.41, 5.74) is 6.79. The molecule has 4 nitrogen and oxygen atoms in total. The second-order valence-electron chi connectivity index (χ2n) is 7.09. The molecule has 0 amide bonds. The van der Waals surface area contributed by atoms with Crippen molar-refractivity contribution >= 4 is 10.9 Å². The third-order valence-electron chi connectivity index (χ3n) is 5.49. The molecule has 4 rings (SSSR count). The number of benzene rings is 2. The van der Waals surface area contributed by atoms with Gasteiger partial charge < -0.3 is 19.4 Å². The van der Waals surface area contributed by atoms with Crippen LogP contribution in [0.4, 0.5) is 0 Å². The van der Waals surface area contributed by atoms with Crippen molar-refractivity contribution in [3.05, 3.63) is 58.8 Å². The predicted octanol–water partition coefficient (Wildman–Crippen LogP) is 3.93. The SMILES string of the molecule is COc1ccc(CC2NCCc3c2n(C)c2ccc(C)cc32)cc1OC. The number of rotatable bonds is 4. The van der Waals surface area contributed by atoms with Crippen molar-refractivity contribution in [3.8, 4) is 11.5 Å². The van der Waals surface area contributed by atoms with Crippen LogP contribution < -0.4 is 14.8 Å². The summed E-state index contributed by atoms with van der Waals surface area (Å²) in [4.78, 5) is 0. The van der Waals surface area contributed by atoms with Crippen molar-refractivity contribution in [3.63, 3.8) is 0 Å². The van der Waals surface area contributed by atoms with E-state index >= 15 is 0 Å². The van der Waals surface area contributed by atoms with Crippen LogP contribution in [0.15, 0.2) is 36.4 Å². The number of methoxy groups -OCH3 is 2. The smallest absolute Gasteiger partial charge is 0.160 e. The molecule has 0 bridgehead atoms. The highest BCUT2D eigenvalue weighted by molar-refractivity contribution is 5.86. The van der Waals surface area contributed by atoms with Gasteiger partial charge in [0.2, 0.25) is 0 Å². The van der Waals surface area contributed by atoms with Crippen LogP contribution in [0.25, 0.3) is 10.9 Å². The molecule has 0 radical (unpaired) electrons. The molecule has 0 aliphatic carbocycles. The Labute approximate surface area is 154 Å². The Kier molecular flexibility index (Phi) is 4.37. The Balaban J connectivity index is 1.74. The third-order valence-corrected chi connectivity index (χ3v) is 5.49. The van der Waals surface area contributed by atoms with Gasteiger partial charge in [-0.3, -0.25) is 0 Å². The average molecular weight is 350 g/mol. The summed E-state index contributed by atoms with van der Waals surface area (Å²) in [5.74, 6) is 1.56. The molecule has 2 heterocycles. The first-order valence-electron chi connectivity index (χ1n) is 9.14. The van der Waals surface area contributed by atoms with E-state index in [9.17, 15) is 0 Å². The molecule has 2 aromatic carbocycles. The number of fused-ring (bicyclic) bond motifs is 3. The molecule has 1 unspecified atom stereocenters. The van der Waals surface area contributed by atoms with E-state index < -0.39 is 0 Å². The molecular weight excluding hydrogens is 324 g/mol. The van der Waals surface area contributed by atoms with E-state index in [4.69, 9.17) is 9.47 Å². The molecule has 0 saturated carbocycles. The number of hydrogen-bond acceptors (Lipinski definition) is 3. The van der Waals surface area contributed by atoms with Crippen molar-refractivity contribution in [2.24, 2.45) is 7.05 Å². The van der Waals surface area contributed by atoms with Crippen molar-refractivity contribution in [1.29, 1.82) is 0 Å². The maximum absolute atomic E-state index is 5.47. The van der Waals surface area contributed by atoms with Gasteiger partial charge in [0.1, 0.15) is 0 Å². The van der Waals surface area contributed by atoms with Crippen molar-refractivity contribution in [1.82, 2.24) is 9.88 Å². The van der Waals surface area contributed by atoms with Gasteiger partial charge in [-0.1, -0.05) is 17.7 Å². The highest BCUT2D eigenvalue weighted by Crippen LogP contribution is 2.35. The summed E-state index contributed by atoms with van der Waals surface area (Å²) in [6.45, 7) is 3.18. The quantitative estimate of drug-likeness (QED) is 0.774. The topological polar surface area (TPSA) is 35.4 Å². The van der Waals surface area contributed by atoms with Crippen LogP contribution in [-0.2, 0) is 19.9 Å². The summed E-state index contributed by atoms with van der Waals surface area (Å²) in [6, 6.07) is 13.3. The van der Waals surface area contributed by atoms with Crippen LogP contribution in [0.2, 0.25) is 0 Å². The maximum atomic E-state index is 5.47. The summed E-state index contributed by atoms with van der Waals surface area (Å²) < 4.78 is 13.2. The molecule has 1 aliphatic rings.